The van der Waals surface area contributed by atoms with Gasteiger partial charge in [-0.05, 0) is 54.4 Å². The second-order valence-electron chi connectivity index (χ2n) is 4.35. The number of fused-ring (bicyclic) bond motifs is 1. The number of rotatable bonds is 2. The van der Waals surface area contributed by atoms with Gasteiger partial charge in [0.25, 0.3) is 0 Å². The van der Waals surface area contributed by atoms with Crippen molar-refractivity contribution in [3.8, 4) is 0 Å². The van der Waals surface area contributed by atoms with Crippen LogP contribution in [-0.4, -0.2) is 19.2 Å². The standard InChI is InChI=1S/C16H15IN2/c1-19-11-9-13(8-10-17-19)6-7-14-12-18-16-5-3-2-4-15(14)16/h2-12,18H,1H3/b7-6-. The molecule has 0 bridgehead atoms. The quantitative estimate of drug-likeness (QED) is 0.625. The van der Waals surface area contributed by atoms with Crippen molar-refractivity contribution in [3.05, 3.63) is 66.0 Å². The van der Waals surface area contributed by atoms with Crippen molar-refractivity contribution < 1.29 is 0 Å². The highest BCUT2D eigenvalue weighted by molar-refractivity contribution is 14.2. The number of benzene rings is 1. The average molecular weight is 362 g/mol. The van der Waals surface area contributed by atoms with Gasteiger partial charge < -0.3 is 8.10 Å². The van der Waals surface area contributed by atoms with Crippen molar-refractivity contribution in [3.63, 3.8) is 0 Å². The Kier molecular flexibility index (Phi) is 3.64. The second kappa shape index (κ2) is 5.57. The molecule has 0 saturated heterocycles. The Labute approximate surface area is 123 Å². The van der Waals surface area contributed by atoms with Gasteiger partial charge in [-0.1, -0.05) is 30.4 Å². The number of aromatic nitrogens is 1. The Morgan fingerprint density at radius 2 is 2.11 bits per heavy atom. The van der Waals surface area contributed by atoms with E-state index in [2.05, 4.69) is 80.1 Å². The number of aromatic amines is 1. The van der Waals surface area contributed by atoms with Crippen LogP contribution in [0.15, 0.2) is 60.5 Å². The zero-order valence-corrected chi connectivity index (χ0v) is 12.8. The molecule has 0 saturated carbocycles. The normalized spacial score (nSPS) is 15.6. The molecule has 0 aliphatic carbocycles. The molecule has 19 heavy (non-hydrogen) atoms. The number of halogens is 1. The summed E-state index contributed by atoms with van der Waals surface area (Å²) in [4.78, 5) is 3.30. The summed E-state index contributed by atoms with van der Waals surface area (Å²) in [6, 6.07) is 8.38. The Balaban J connectivity index is 1.89. The lowest BCUT2D eigenvalue weighted by molar-refractivity contribution is 0.834. The molecule has 1 aromatic carbocycles. The molecule has 1 N–H and O–H groups in total. The molecule has 1 aliphatic heterocycles. The van der Waals surface area contributed by atoms with Gasteiger partial charge in [0.05, 0.1) is 0 Å². The third-order valence-electron chi connectivity index (χ3n) is 3.01. The molecule has 2 heterocycles. The second-order valence-corrected chi connectivity index (χ2v) is 7.15. The minimum Gasteiger partial charge on any atom is -0.361 e. The molecule has 96 valence electrons. The molecule has 1 aliphatic rings. The summed E-state index contributed by atoms with van der Waals surface area (Å²) >= 11 is 0.0163. The lowest BCUT2D eigenvalue weighted by Gasteiger charge is -2.01. The molecule has 0 fully saturated rings. The third-order valence-corrected chi connectivity index (χ3v) is 4.90. The first-order valence-corrected chi connectivity index (χ1v) is 8.36. The van der Waals surface area contributed by atoms with Crippen LogP contribution in [0.25, 0.3) is 17.0 Å². The maximum Gasteiger partial charge on any atom is 0.0460 e. The zero-order chi connectivity index (χ0) is 13.1. The van der Waals surface area contributed by atoms with E-state index in [1.54, 1.807) is 0 Å². The minimum atomic E-state index is 0.0163. The molecule has 0 amide bonds. The van der Waals surface area contributed by atoms with E-state index in [4.69, 9.17) is 0 Å². The largest absolute Gasteiger partial charge is 0.361 e. The van der Waals surface area contributed by atoms with Crippen LogP contribution in [0.4, 0.5) is 0 Å². The van der Waals surface area contributed by atoms with Crippen LogP contribution in [0.5, 0.6) is 0 Å². The smallest absolute Gasteiger partial charge is 0.0460 e. The summed E-state index contributed by atoms with van der Waals surface area (Å²) in [5.74, 6) is 0. The van der Waals surface area contributed by atoms with Crippen LogP contribution in [0.1, 0.15) is 5.56 Å². The highest BCUT2D eigenvalue weighted by Gasteiger charge is 1.99. The van der Waals surface area contributed by atoms with Gasteiger partial charge in [-0.15, -0.1) is 0 Å². The lowest BCUT2D eigenvalue weighted by Crippen LogP contribution is -1.90. The van der Waals surface area contributed by atoms with Crippen molar-refractivity contribution in [1.29, 1.82) is 0 Å². The fourth-order valence-corrected chi connectivity index (χ4v) is 3.43. The molecular formula is C16H15IN2. The molecular weight excluding hydrogens is 347 g/mol. The minimum absolute atomic E-state index is 0.0163. The van der Waals surface area contributed by atoms with Crippen LogP contribution in [0.3, 0.4) is 0 Å². The summed E-state index contributed by atoms with van der Waals surface area (Å²) in [6.07, 6.45) is 12.9. The Morgan fingerprint density at radius 1 is 1.21 bits per heavy atom. The SMILES string of the molecule is CN1C=CC(/C=C\c2c[nH]c3ccccc23)=CC=I1. The molecule has 2 nitrogen and oxygen atoms in total. The summed E-state index contributed by atoms with van der Waals surface area (Å²) < 4.78 is 4.55. The number of hydrogen-bond acceptors (Lipinski definition) is 1. The maximum atomic E-state index is 3.30. The first kappa shape index (κ1) is 12.4. The van der Waals surface area contributed by atoms with E-state index in [1.165, 1.54) is 22.0 Å². The fraction of sp³-hybridized carbons (Fsp3) is 0.0625. The highest BCUT2D eigenvalue weighted by Crippen LogP contribution is 2.20. The van der Waals surface area contributed by atoms with Crippen LogP contribution in [-0.2, 0) is 0 Å². The number of para-hydroxylation sites is 1. The molecule has 0 spiro atoms. The van der Waals surface area contributed by atoms with Gasteiger partial charge in [0.1, 0.15) is 0 Å². The average Bonchev–Trinajstić information content (AvgIpc) is 2.73. The van der Waals surface area contributed by atoms with E-state index in [0.717, 1.165) is 0 Å². The number of allylic oxidation sites excluding steroid dienone is 4. The van der Waals surface area contributed by atoms with Crippen LogP contribution >= 0.6 is 21.0 Å². The van der Waals surface area contributed by atoms with Gasteiger partial charge in [-0.2, -0.15) is 0 Å². The van der Waals surface area contributed by atoms with E-state index in [0.29, 0.717) is 0 Å². The first-order chi connectivity index (χ1) is 9.33. The molecule has 3 rings (SSSR count). The van der Waals surface area contributed by atoms with Crippen LogP contribution in [0, 0.1) is 0 Å². The lowest BCUT2D eigenvalue weighted by atomic mass is 10.1. The van der Waals surface area contributed by atoms with Gasteiger partial charge in [0.2, 0.25) is 0 Å². The third kappa shape index (κ3) is 2.87. The zero-order valence-electron chi connectivity index (χ0n) is 10.7. The predicted octanol–water partition coefficient (Wildman–Crippen LogP) is 4.25. The fourth-order valence-electron chi connectivity index (χ4n) is 2.00. The number of nitrogens with zero attached hydrogens (tertiary/aromatic N) is 1. The van der Waals surface area contributed by atoms with E-state index in [-0.39, 0.29) is 21.0 Å². The number of nitrogens with one attached hydrogen (secondary N) is 1. The molecule has 3 heteroatoms. The molecule has 1 aromatic heterocycles. The maximum absolute atomic E-state index is 3.30. The predicted molar refractivity (Wildman–Crippen MR) is 92.4 cm³/mol. The Bertz CT molecular complexity index is 704. The summed E-state index contributed by atoms with van der Waals surface area (Å²) in [5, 5.41) is 1.27. The first-order valence-electron chi connectivity index (χ1n) is 6.15. The Hall–Kier alpha value is -1.62. The summed E-state index contributed by atoms with van der Waals surface area (Å²) in [7, 11) is 2.13. The summed E-state index contributed by atoms with van der Waals surface area (Å²) in [6.45, 7) is 0. The van der Waals surface area contributed by atoms with Gasteiger partial charge in [0.15, 0.2) is 0 Å². The Morgan fingerprint density at radius 3 is 3.05 bits per heavy atom. The van der Waals surface area contributed by atoms with Crippen LogP contribution < -0.4 is 0 Å². The van der Waals surface area contributed by atoms with Gasteiger partial charge in [-0.25, -0.2) is 0 Å². The van der Waals surface area contributed by atoms with Crippen molar-refractivity contribution in [2.75, 3.05) is 7.05 Å². The van der Waals surface area contributed by atoms with Crippen LogP contribution in [0.2, 0.25) is 0 Å². The molecule has 2 aromatic rings. The van der Waals surface area contributed by atoms with E-state index < -0.39 is 0 Å². The van der Waals surface area contributed by atoms with Crippen molar-refractivity contribution in [1.82, 2.24) is 8.10 Å². The van der Waals surface area contributed by atoms with E-state index in [1.807, 2.05) is 0 Å². The topological polar surface area (TPSA) is 19.0 Å². The van der Waals surface area contributed by atoms with Gasteiger partial charge >= 0.3 is 0 Å². The molecule has 0 atom stereocenters. The number of hydrogen-bond donors (Lipinski definition) is 1. The van der Waals surface area contributed by atoms with Crippen molar-refractivity contribution in [2.45, 2.75) is 0 Å². The monoisotopic (exact) mass is 362 g/mol. The molecule has 0 unspecified atom stereocenters. The van der Waals surface area contributed by atoms with E-state index in [9.17, 15) is 0 Å². The van der Waals surface area contributed by atoms with Crippen molar-refractivity contribution in [2.24, 2.45) is 0 Å². The van der Waals surface area contributed by atoms with Gasteiger partial charge in [-0.3, -0.25) is 0 Å². The highest BCUT2D eigenvalue weighted by atomic mass is 127. The molecule has 0 radical (unpaired) electrons. The van der Waals surface area contributed by atoms with Gasteiger partial charge in [0, 0.05) is 30.3 Å². The summed E-state index contributed by atoms with van der Waals surface area (Å²) in [5.41, 5.74) is 3.66. The number of H-pyrrole nitrogens is 1. The van der Waals surface area contributed by atoms with Crippen molar-refractivity contribution >= 4 is 42.0 Å². The van der Waals surface area contributed by atoms with E-state index >= 15 is 0 Å².